The molecule has 8 nitrogen and oxygen atoms in total. The Morgan fingerprint density at radius 2 is 1.11 bits per heavy atom. The Balaban J connectivity index is 1.86. The molecule has 0 aliphatic rings. The summed E-state index contributed by atoms with van der Waals surface area (Å²) in [5.41, 5.74) is 8.18. The summed E-state index contributed by atoms with van der Waals surface area (Å²) in [4.78, 5) is 52.8. The van der Waals surface area contributed by atoms with Gasteiger partial charge in [0.05, 0.1) is 0 Å². The largest absolute Gasteiger partial charge is 0.368 e. The summed E-state index contributed by atoms with van der Waals surface area (Å²) in [6, 6.07) is 25.1. The van der Waals surface area contributed by atoms with Crippen molar-refractivity contribution in [2.45, 2.75) is 44.3 Å². The summed E-state index contributed by atoms with van der Waals surface area (Å²) < 4.78 is 0. The molecule has 3 aromatic carbocycles. The lowest BCUT2D eigenvalue weighted by molar-refractivity contribution is -0.142. The zero-order valence-electron chi connectivity index (χ0n) is 21.7. The molecule has 0 bridgehead atoms. The van der Waals surface area contributed by atoms with Crippen LogP contribution >= 0.6 is 0 Å². The molecule has 4 amide bonds. The van der Waals surface area contributed by atoms with E-state index in [4.69, 9.17) is 5.73 Å². The first-order valence-corrected chi connectivity index (χ1v) is 12.5. The fraction of sp³-hybridized carbons (Fsp3) is 0.267. The van der Waals surface area contributed by atoms with Crippen molar-refractivity contribution < 1.29 is 19.2 Å². The molecule has 0 fully saturated rings. The van der Waals surface area contributed by atoms with Crippen molar-refractivity contribution in [1.29, 1.82) is 0 Å². The molecule has 0 saturated heterocycles. The Labute approximate surface area is 223 Å². The zero-order valence-corrected chi connectivity index (χ0v) is 21.7. The second-order valence-corrected chi connectivity index (χ2v) is 9.25. The van der Waals surface area contributed by atoms with Crippen LogP contribution in [0, 0.1) is 0 Å². The van der Waals surface area contributed by atoms with Gasteiger partial charge in [0.15, 0.2) is 0 Å². The van der Waals surface area contributed by atoms with Gasteiger partial charge in [-0.25, -0.2) is 0 Å². The predicted octanol–water partition coefficient (Wildman–Crippen LogP) is 2.02. The molecule has 0 aromatic heterocycles. The second kappa shape index (κ2) is 13.7. The van der Waals surface area contributed by atoms with E-state index in [9.17, 15) is 19.2 Å². The number of amides is 4. The van der Waals surface area contributed by atoms with Gasteiger partial charge in [-0.1, -0.05) is 91.0 Å². The van der Waals surface area contributed by atoms with Gasteiger partial charge in [0.2, 0.25) is 23.6 Å². The molecule has 0 aliphatic heterocycles. The standard InChI is InChI=1S/C30H34N4O4/c1-21(35)32-26(19-23-14-8-4-9-15-23)30(38)34(2)27(20-24-16-10-5-11-17-24)29(37)33-25(28(31)36)18-22-12-6-3-7-13-22/h3-17,25-27H,18-20H2,1-2H3,(H2,31,36)(H,32,35)(H,33,37)/t25-,26-,27-/m0/s1. The number of carbonyl (C=O) groups excluding carboxylic acids is 4. The van der Waals surface area contributed by atoms with E-state index in [1.807, 2.05) is 91.0 Å². The van der Waals surface area contributed by atoms with E-state index < -0.39 is 35.8 Å². The number of likely N-dealkylation sites (N-methyl/N-ethyl adjacent to an activating group) is 1. The SMILES string of the molecule is CC(=O)N[C@@H](Cc1ccccc1)C(=O)N(C)[C@@H](Cc1ccccc1)C(=O)N[C@@H](Cc1ccccc1)C(N)=O. The number of nitrogens with zero attached hydrogens (tertiary/aromatic N) is 1. The Morgan fingerprint density at radius 1 is 0.684 bits per heavy atom. The smallest absolute Gasteiger partial charge is 0.245 e. The number of nitrogens with one attached hydrogen (secondary N) is 2. The minimum absolute atomic E-state index is 0.212. The maximum Gasteiger partial charge on any atom is 0.245 e. The molecule has 3 atom stereocenters. The Bertz CT molecular complexity index is 1220. The molecule has 3 aromatic rings. The van der Waals surface area contributed by atoms with Crippen molar-refractivity contribution in [3.8, 4) is 0 Å². The molecule has 0 unspecified atom stereocenters. The van der Waals surface area contributed by atoms with Crippen molar-refractivity contribution in [3.05, 3.63) is 108 Å². The number of benzene rings is 3. The van der Waals surface area contributed by atoms with Gasteiger partial charge in [-0.2, -0.15) is 0 Å². The third-order valence-electron chi connectivity index (χ3n) is 6.29. The van der Waals surface area contributed by atoms with E-state index in [0.29, 0.717) is 0 Å². The van der Waals surface area contributed by atoms with E-state index in [-0.39, 0.29) is 25.2 Å². The van der Waals surface area contributed by atoms with Gasteiger partial charge in [0.25, 0.3) is 0 Å². The van der Waals surface area contributed by atoms with Crippen LogP contribution in [0.5, 0.6) is 0 Å². The fourth-order valence-electron chi connectivity index (χ4n) is 4.28. The van der Waals surface area contributed by atoms with Gasteiger partial charge in [-0.05, 0) is 16.7 Å². The van der Waals surface area contributed by atoms with Crippen molar-refractivity contribution in [3.63, 3.8) is 0 Å². The molecule has 3 rings (SSSR count). The first-order chi connectivity index (χ1) is 18.2. The van der Waals surface area contributed by atoms with Crippen LogP contribution in [-0.4, -0.2) is 53.7 Å². The molecule has 8 heteroatoms. The van der Waals surface area contributed by atoms with E-state index in [0.717, 1.165) is 16.7 Å². The molecule has 0 heterocycles. The average molecular weight is 515 g/mol. The molecule has 4 N–H and O–H groups in total. The maximum absolute atomic E-state index is 13.7. The maximum atomic E-state index is 13.7. The molecule has 0 spiro atoms. The van der Waals surface area contributed by atoms with Gasteiger partial charge < -0.3 is 21.3 Å². The van der Waals surface area contributed by atoms with Crippen LogP contribution in [0.25, 0.3) is 0 Å². The molecule has 0 radical (unpaired) electrons. The zero-order chi connectivity index (χ0) is 27.5. The number of primary amides is 1. The lowest BCUT2D eigenvalue weighted by Crippen LogP contribution is -2.58. The number of hydrogen-bond acceptors (Lipinski definition) is 4. The van der Waals surface area contributed by atoms with Gasteiger partial charge in [0, 0.05) is 33.2 Å². The third-order valence-corrected chi connectivity index (χ3v) is 6.29. The van der Waals surface area contributed by atoms with Crippen molar-refractivity contribution in [2.75, 3.05) is 7.05 Å². The summed E-state index contributed by atoms with van der Waals surface area (Å²) in [5.74, 6) is -1.95. The topological polar surface area (TPSA) is 122 Å². The van der Waals surface area contributed by atoms with E-state index >= 15 is 0 Å². The van der Waals surface area contributed by atoms with E-state index in [2.05, 4.69) is 10.6 Å². The van der Waals surface area contributed by atoms with Crippen LogP contribution in [0.15, 0.2) is 91.0 Å². The third kappa shape index (κ3) is 8.30. The molecular formula is C30H34N4O4. The van der Waals surface area contributed by atoms with Gasteiger partial charge in [-0.3, -0.25) is 19.2 Å². The second-order valence-electron chi connectivity index (χ2n) is 9.25. The van der Waals surface area contributed by atoms with Crippen LogP contribution in [0.3, 0.4) is 0 Å². The summed E-state index contributed by atoms with van der Waals surface area (Å²) in [6.45, 7) is 1.35. The first-order valence-electron chi connectivity index (χ1n) is 12.5. The van der Waals surface area contributed by atoms with Crippen LogP contribution in [0.2, 0.25) is 0 Å². The van der Waals surface area contributed by atoms with Crippen molar-refractivity contribution in [1.82, 2.24) is 15.5 Å². The fourth-order valence-corrected chi connectivity index (χ4v) is 4.28. The molecule has 0 aliphatic carbocycles. The normalized spacial score (nSPS) is 13.0. The molecule has 38 heavy (non-hydrogen) atoms. The quantitative estimate of drug-likeness (QED) is 0.342. The summed E-state index contributed by atoms with van der Waals surface area (Å²) in [6.07, 6.45) is 0.700. The van der Waals surface area contributed by atoms with Crippen LogP contribution in [-0.2, 0) is 38.4 Å². The Hall–Kier alpha value is -4.46. The Kier molecular flexibility index (Phi) is 10.2. The van der Waals surface area contributed by atoms with E-state index in [1.54, 1.807) is 0 Å². The highest BCUT2D eigenvalue weighted by molar-refractivity contribution is 5.94. The predicted molar refractivity (Wildman–Crippen MR) is 146 cm³/mol. The monoisotopic (exact) mass is 514 g/mol. The summed E-state index contributed by atoms with van der Waals surface area (Å²) in [7, 11) is 1.53. The number of nitrogens with two attached hydrogens (primary N) is 1. The van der Waals surface area contributed by atoms with Crippen LogP contribution in [0.4, 0.5) is 0 Å². The molecule has 0 saturated carbocycles. The van der Waals surface area contributed by atoms with Crippen LogP contribution in [0.1, 0.15) is 23.6 Å². The number of carbonyl (C=O) groups is 4. The van der Waals surface area contributed by atoms with Crippen molar-refractivity contribution >= 4 is 23.6 Å². The van der Waals surface area contributed by atoms with Gasteiger partial charge in [-0.15, -0.1) is 0 Å². The van der Waals surface area contributed by atoms with Gasteiger partial charge >= 0.3 is 0 Å². The number of hydrogen-bond donors (Lipinski definition) is 3. The number of rotatable bonds is 12. The van der Waals surface area contributed by atoms with E-state index in [1.165, 1.54) is 18.9 Å². The van der Waals surface area contributed by atoms with Crippen molar-refractivity contribution in [2.24, 2.45) is 5.73 Å². The first kappa shape index (κ1) is 28.1. The lowest BCUT2D eigenvalue weighted by Gasteiger charge is -2.32. The van der Waals surface area contributed by atoms with Crippen LogP contribution < -0.4 is 16.4 Å². The van der Waals surface area contributed by atoms with Gasteiger partial charge in [0.1, 0.15) is 18.1 Å². The summed E-state index contributed by atoms with van der Waals surface area (Å²) >= 11 is 0. The lowest BCUT2D eigenvalue weighted by atomic mass is 10.00. The average Bonchev–Trinajstić information content (AvgIpc) is 2.91. The highest BCUT2D eigenvalue weighted by atomic mass is 16.2. The summed E-state index contributed by atoms with van der Waals surface area (Å²) in [5, 5.41) is 5.48. The highest BCUT2D eigenvalue weighted by Crippen LogP contribution is 2.13. The minimum atomic E-state index is -0.956. The molecular weight excluding hydrogens is 480 g/mol. The minimum Gasteiger partial charge on any atom is -0.368 e. The molecule has 198 valence electrons. The Morgan fingerprint density at radius 3 is 1.53 bits per heavy atom. The highest BCUT2D eigenvalue weighted by Gasteiger charge is 2.33.